The molecule has 0 amide bonds. The number of rotatable bonds is 4. The lowest BCUT2D eigenvalue weighted by Crippen LogP contribution is -2.55. The van der Waals surface area contributed by atoms with Crippen molar-refractivity contribution in [1.29, 1.82) is 0 Å². The molecule has 0 radical (unpaired) electrons. The Morgan fingerprint density at radius 1 is 1.57 bits per heavy atom. The minimum Gasteiger partial charge on any atom is -0.387 e. The first-order chi connectivity index (χ1) is 10.7. The third kappa shape index (κ3) is 2.36. The molecule has 3 rings (SSSR count). The van der Waals surface area contributed by atoms with Gasteiger partial charge in [-0.3, -0.25) is 4.57 Å². The van der Waals surface area contributed by atoms with Crippen LogP contribution < -0.4 is 11.4 Å². The van der Waals surface area contributed by atoms with Crippen molar-refractivity contribution >= 4 is 13.8 Å². The van der Waals surface area contributed by atoms with E-state index in [9.17, 15) is 23.2 Å². The zero-order chi connectivity index (χ0) is 17.0. The average Bonchev–Trinajstić information content (AvgIpc) is 2.81. The van der Waals surface area contributed by atoms with Crippen LogP contribution in [0.15, 0.2) is 17.1 Å². The summed E-state index contributed by atoms with van der Waals surface area (Å²) < 4.78 is 54.5. The van der Waals surface area contributed by atoms with Gasteiger partial charge in [0.05, 0.1) is 0 Å². The van der Waals surface area contributed by atoms with Gasteiger partial charge >= 0.3 is 19.8 Å². The zero-order valence-electron chi connectivity index (χ0n) is 11.8. The van der Waals surface area contributed by atoms with Gasteiger partial charge in [-0.25, -0.2) is 4.79 Å². The van der Waals surface area contributed by atoms with Gasteiger partial charge in [0.25, 0.3) is 0 Å². The van der Waals surface area contributed by atoms with Gasteiger partial charge in [0, 0.05) is 6.20 Å². The van der Waals surface area contributed by atoms with E-state index in [0.29, 0.717) is 0 Å². The summed E-state index contributed by atoms with van der Waals surface area (Å²) in [6.07, 6.45) is -7.33. The number of ether oxygens (including phenoxy) is 2. The van der Waals surface area contributed by atoms with Crippen molar-refractivity contribution in [2.75, 3.05) is 19.0 Å². The number of halogens is 2. The summed E-state index contributed by atoms with van der Waals surface area (Å²) >= 11 is 0. The lowest BCUT2D eigenvalue weighted by atomic mass is 9.98. The average molecular weight is 352 g/mol. The van der Waals surface area contributed by atoms with Crippen LogP contribution in [0.5, 0.6) is 0 Å². The van der Waals surface area contributed by atoms with Gasteiger partial charge < -0.3 is 20.3 Å². The number of anilines is 1. The summed E-state index contributed by atoms with van der Waals surface area (Å²) in [7, 11) is -2.20. The Kier molecular flexibility index (Phi) is 3.73. The Hall–Kier alpha value is -1.52. The summed E-state index contributed by atoms with van der Waals surface area (Å²) in [5.41, 5.74) is 1.95. The molecule has 23 heavy (non-hydrogen) atoms. The largest absolute Gasteiger partial charge is 0.504 e. The molecule has 2 fully saturated rings. The number of alkyl halides is 2. The van der Waals surface area contributed by atoms with Crippen molar-refractivity contribution in [3.8, 4) is 0 Å². The fourth-order valence-electron chi connectivity index (χ4n) is 2.63. The van der Waals surface area contributed by atoms with Gasteiger partial charge in [-0.2, -0.15) is 13.8 Å². The van der Waals surface area contributed by atoms with E-state index >= 15 is 0 Å². The SMILES string of the molecule is C[P+](=O)OC[C@]12O[C@@H](n3ccc(N)nc3=O)[C@H](OC1(F)F)[C@@H]2O. The first-order valence-corrected chi connectivity index (χ1v) is 8.10. The number of nitrogens with two attached hydrogens (primary N) is 1. The predicted octanol–water partition coefficient (Wildman–Crippen LogP) is -0.166. The van der Waals surface area contributed by atoms with Gasteiger partial charge in [0.1, 0.15) is 24.6 Å². The quantitative estimate of drug-likeness (QED) is 0.716. The number of aliphatic hydroxyl groups excluding tert-OH is 1. The molecule has 9 nitrogen and oxygen atoms in total. The number of hydrogen-bond donors (Lipinski definition) is 2. The van der Waals surface area contributed by atoms with Crippen molar-refractivity contribution in [1.82, 2.24) is 9.55 Å². The van der Waals surface area contributed by atoms with Crippen molar-refractivity contribution in [3.63, 3.8) is 0 Å². The van der Waals surface area contributed by atoms with Crippen LogP contribution in [0.2, 0.25) is 0 Å². The number of fused-ring (bicyclic) bond motifs is 2. The van der Waals surface area contributed by atoms with E-state index in [4.69, 9.17) is 15.0 Å². The summed E-state index contributed by atoms with van der Waals surface area (Å²) in [5, 5.41) is 10.1. The van der Waals surface area contributed by atoms with Crippen molar-refractivity contribution in [3.05, 3.63) is 22.7 Å². The van der Waals surface area contributed by atoms with E-state index in [-0.39, 0.29) is 5.82 Å². The third-order valence-corrected chi connectivity index (χ3v) is 4.26. The highest BCUT2D eigenvalue weighted by Gasteiger charge is 2.78. The number of nitrogen functional groups attached to an aromatic ring is 1. The van der Waals surface area contributed by atoms with E-state index in [1.165, 1.54) is 18.9 Å². The van der Waals surface area contributed by atoms with Gasteiger partial charge in [-0.05, 0) is 10.6 Å². The Morgan fingerprint density at radius 2 is 2.26 bits per heavy atom. The summed E-state index contributed by atoms with van der Waals surface area (Å²) in [6, 6.07) is 1.27. The maximum atomic E-state index is 14.0. The standard InChI is InChI=1S/C11H12F2N3O6P/c1-23(19)20-4-10-7(17)6(21-11(10,12)13)8(22-10)16-3-2-5(14)15-9(16)18/h2-3,6-8,17H,4H2,1H3,(H-,14,15,18)/p+1/t6-,7+,8-,10-/m1/s1. The molecular formula is C11H13F2N3O6P+. The van der Waals surface area contributed by atoms with Crippen molar-refractivity contribution < 1.29 is 32.4 Å². The normalized spacial score (nSPS) is 35.5. The monoisotopic (exact) mass is 352 g/mol. The number of aliphatic hydroxyl groups is 1. The van der Waals surface area contributed by atoms with E-state index in [0.717, 1.165) is 4.57 Å². The first-order valence-electron chi connectivity index (χ1n) is 6.48. The molecule has 3 heterocycles. The summed E-state index contributed by atoms with van der Waals surface area (Å²) in [6.45, 7) is 0.307. The molecular weight excluding hydrogens is 339 g/mol. The maximum absolute atomic E-state index is 14.0. The molecule has 0 spiro atoms. The van der Waals surface area contributed by atoms with E-state index in [1.54, 1.807) is 0 Å². The minimum atomic E-state index is -3.87. The maximum Gasteiger partial charge on any atom is 0.504 e. The molecule has 0 aromatic carbocycles. The van der Waals surface area contributed by atoms with Gasteiger partial charge in [-0.1, -0.05) is 0 Å². The lowest BCUT2D eigenvalue weighted by Gasteiger charge is -2.35. The van der Waals surface area contributed by atoms with Gasteiger partial charge in [0.2, 0.25) is 5.60 Å². The molecule has 0 aliphatic carbocycles. The Bertz CT molecular complexity index is 715. The molecule has 0 saturated carbocycles. The van der Waals surface area contributed by atoms with Crippen LogP contribution in [0.1, 0.15) is 6.23 Å². The molecule has 2 saturated heterocycles. The van der Waals surface area contributed by atoms with E-state index in [2.05, 4.69) is 9.72 Å². The minimum absolute atomic E-state index is 0.0535. The molecule has 2 bridgehead atoms. The summed E-state index contributed by atoms with van der Waals surface area (Å²) in [5.74, 6) is -0.0535. The number of hydrogen-bond acceptors (Lipinski definition) is 8. The van der Waals surface area contributed by atoms with E-state index < -0.39 is 50.5 Å². The van der Waals surface area contributed by atoms with Crippen molar-refractivity contribution in [2.24, 2.45) is 0 Å². The smallest absolute Gasteiger partial charge is 0.387 e. The third-order valence-electron chi connectivity index (χ3n) is 3.76. The van der Waals surface area contributed by atoms with Crippen LogP contribution in [0.3, 0.4) is 0 Å². The first kappa shape index (κ1) is 16.3. The molecule has 3 N–H and O–H groups in total. The van der Waals surface area contributed by atoms with Crippen molar-refractivity contribution in [2.45, 2.75) is 30.1 Å². The second-order valence-corrected chi connectivity index (χ2v) is 6.33. The molecule has 1 aromatic heterocycles. The Labute approximate surface area is 128 Å². The van der Waals surface area contributed by atoms with Crippen LogP contribution in [-0.2, 0) is 18.6 Å². The second-order valence-electron chi connectivity index (χ2n) is 5.20. The topological polar surface area (TPSA) is 126 Å². The number of aromatic nitrogens is 2. The Morgan fingerprint density at radius 3 is 2.87 bits per heavy atom. The molecule has 1 unspecified atom stereocenters. The number of nitrogens with zero attached hydrogens (tertiary/aromatic N) is 2. The zero-order valence-corrected chi connectivity index (χ0v) is 12.7. The van der Waals surface area contributed by atoms with Crippen LogP contribution >= 0.6 is 8.03 Å². The predicted molar refractivity (Wildman–Crippen MR) is 71.1 cm³/mol. The molecule has 2 aliphatic heterocycles. The van der Waals surface area contributed by atoms with Crippen LogP contribution in [-0.4, -0.2) is 51.8 Å². The van der Waals surface area contributed by atoms with Gasteiger partial charge in [0.15, 0.2) is 12.9 Å². The molecule has 2 aliphatic rings. The molecule has 12 heteroatoms. The highest BCUT2D eigenvalue weighted by atomic mass is 31.1. The fourth-order valence-corrected chi connectivity index (χ4v) is 3.01. The highest BCUT2D eigenvalue weighted by Crippen LogP contribution is 2.55. The molecule has 5 atom stereocenters. The molecule has 1 aromatic rings. The van der Waals surface area contributed by atoms with Gasteiger partial charge in [-0.15, -0.1) is 4.52 Å². The second kappa shape index (κ2) is 5.25. The van der Waals surface area contributed by atoms with E-state index in [1.807, 2.05) is 0 Å². The Balaban J connectivity index is 1.97. The lowest BCUT2D eigenvalue weighted by molar-refractivity contribution is -0.370. The highest BCUT2D eigenvalue weighted by molar-refractivity contribution is 7.38. The fraction of sp³-hybridized carbons (Fsp3) is 0.636. The van der Waals surface area contributed by atoms with Crippen LogP contribution in [0, 0.1) is 0 Å². The summed E-state index contributed by atoms with van der Waals surface area (Å²) in [4.78, 5) is 15.3. The molecule has 126 valence electrons. The van der Waals surface area contributed by atoms with Crippen LogP contribution in [0.4, 0.5) is 14.6 Å². The van der Waals surface area contributed by atoms with Crippen LogP contribution in [0.25, 0.3) is 0 Å².